The van der Waals surface area contributed by atoms with Crippen LogP contribution < -0.4 is 15.0 Å². The summed E-state index contributed by atoms with van der Waals surface area (Å²) in [6.45, 7) is 8.13. The molecule has 3 aromatic rings. The Balaban J connectivity index is 1.17. The minimum atomic E-state index is -0.152. The van der Waals surface area contributed by atoms with E-state index >= 15 is 0 Å². The fourth-order valence-corrected chi connectivity index (χ4v) is 4.06. The number of para-hydroxylation sites is 1. The molecule has 2 heterocycles. The smallest absolute Gasteiger partial charge is 0.256 e. The van der Waals surface area contributed by atoms with Crippen LogP contribution in [-0.2, 0) is 0 Å². The van der Waals surface area contributed by atoms with Gasteiger partial charge >= 0.3 is 0 Å². The molecule has 1 saturated heterocycles. The van der Waals surface area contributed by atoms with Gasteiger partial charge in [0.15, 0.2) is 0 Å². The van der Waals surface area contributed by atoms with Crippen LogP contribution in [0.4, 0.5) is 5.69 Å². The minimum absolute atomic E-state index is 0.152. The summed E-state index contributed by atoms with van der Waals surface area (Å²) in [5.41, 5.74) is 3.08. The van der Waals surface area contributed by atoms with Crippen molar-refractivity contribution in [3.63, 3.8) is 0 Å². The van der Waals surface area contributed by atoms with Crippen molar-refractivity contribution in [2.75, 3.05) is 44.2 Å². The van der Waals surface area contributed by atoms with Gasteiger partial charge in [-0.3, -0.25) is 9.69 Å². The van der Waals surface area contributed by atoms with E-state index in [1.54, 1.807) is 18.3 Å². The number of piperazine rings is 1. The van der Waals surface area contributed by atoms with Crippen molar-refractivity contribution in [3.8, 4) is 11.6 Å². The Hall–Kier alpha value is -3.38. The number of pyridine rings is 1. The summed E-state index contributed by atoms with van der Waals surface area (Å²) < 4.78 is 5.80. The standard InChI is InChI=1S/C27H32N4O2/c1-22-9-7-10-23(21-22)31-19-17-30(18-20-31)16-6-5-14-28-26(32)25-13-8-15-29-27(25)33-24-11-3-2-4-12-24/h2-4,7-13,15,21H,5-6,14,16-20H2,1H3,(H,28,32). The molecule has 0 radical (unpaired) electrons. The number of carbonyl (C=O) groups excluding carboxylic acids is 1. The first kappa shape index (κ1) is 22.8. The molecule has 0 atom stereocenters. The molecule has 33 heavy (non-hydrogen) atoms. The van der Waals surface area contributed by atoms with E-state index in [2.05, 4.69) is 51.3 Å². The number of aromatic nitrogens is 1. The number of unbranched alkanes of at least 4 members (excludes halogenated alkanes) is 1. The third kappa shape index (κ3) is 6.56. The topological polar surface area (TPSA) is 57.7 Å². The number of rotatable bonds is 9. The van der Waals surface area contributed by atoms with Crippen molar-refractivity contribution in [2.24, 2.45) is 0 Å². The Morgan fingerprint density at radius 1 is 0.970 bits per heavy atom. The summed E-state index contributed by atoms with van der Waals surface area (Å²) in [7, 11) is 0. The zero-order valence-electron chi connectivity index (χ0n) is 19.2. The quantitative estimate of drug-likeness (QED) is 0.492. The van der Waals surface area contributed by atoms with Crippen LogP contribution in [0.25, 0.3) is 0 Å². The maximum absolute atomic E-state index is 12.7. The van der Waals surface area contributed by atoms with E-state index in [1.165, 1.54) is 11.3 Å². The van der Waals surface area contributed by atoms with Gasteiger partial charge in [-0.05, 0) is 68.3 Å². The van der Waals surface area contributed by atoms with Crippen molar-refractivity contribution in [1.82, 2.24) is 15.2 Å². The summed E-state index contributed by atoms with van der Waals surface area (Å²) >= 11 is 0. The largest absolute Gasteiger partial charge is 0.438 e. The predicted molar refractivity (Wildman–Crippen MR) is 132 cm³/mol. The van der Waals surface area contributed by atoms with E-state index in [0.717, 1.165) is 45.6 Å². The van der Waals surface area contributed by atoms with Gasteiger partial charge in [0.05, 0.1) is 0 Å². The molecule has 1 aromatic heterocycles. The first-order valence-corrected chi connectivity index (χ1v) is 11.7. The highest BCUT2D eigenvalue weighted by atomic mass is 16.5. The molecule has 0 spiro atoms. The molecule has 2 aromatic carbocycles. The van der Waals surface area contributed by atoms with Crippen LogP contribution in [0, 0.1) is 6.92 Å². The summed E-state index contributed by atoms with van der Waals surface area (Å²) in [6.07, 6.45) is 3.64. The normalized spacial score (nSPS) is 14.2. The van der Waals surface area contributed by atoms with E-state index in [4.69, 9.17) is 4.74 Å². The highest BCUT2D eigenvalue weighted by Crippen LogP contribution is 2.22. The van der Waals surface area contributed by atoms with Crippen LogP contribution in [0.3, 0.4) is 0 Å². The zero-order valence-corrected chi connectivity index (χ0v) is 19.2. The number of hydrogen-bond acceptors (Lipinski definition) is 5. The summed E-state index contributed by atoms with van der Waals surface area (Å²) in [6, 6.07) is 21.6. The highest BCUT2D eigenvalue weighted by molar-refractivity contribution is 5.96. The Labute approximate surface area is 196 Å². The average Bonchev–Trinajstić information content (AvgIpc) is 2.85. The molecular weight excluding hydrogens is 412 g/mol. The average molecular weight is 445 g/mol. The third-order valence-corrected chi connectivity index (χ3v) is 5.90. The number of hydrogen-bond donors (Lipinski definition) is 1. The molecule has 0 bridgehead atoms. The molecule has 6 nitrogen and oxygen atoms in total. The molecule has 1 N–H and O–H groups in total. The van der Waals surface area contributed by atoms with E-state index in [1.807, 2.05) is 30.3 Å². The summed E-state index contributed by atoms with van der Waals surface area (Å²) in [4.78, 5) is 21.9. The molecule has 4 rings (SSSR count). The number of anilines is 1. The van der Waals surface area contributed by atoms with E-state index < -0.39 is 0 Å². The first-order valence-electron chi connectivity index (χ1n) is 11.7. The predicted octanol–water partition coefficient (Wildman–Crippen LogP) is 4.51. The lowest BCUT2D eigenvalue weighted by Gasteiger charge is -2.36. The van der Waals surface area contributed by atoms with E-state index in [9.17, 15) is 4.79 Å². The number of ether oxygens (including phenoxy) is 1. The Kier molecular flexibility index (Phi) is 7.93. The molecule has 1 fully saturated rings. The molecule has 172 valence electrons. The maximum Gasteiger partial charge on any atom is 0.256 e. The summed E-state index contributed by atoms with van der Waals surface area (Å²) in [5.74, 6) is 0.834. The SMILES string of the molecule is Cc1cccc(N2CCN(CCCCNC(=O)c3cccnc3Oc3ccccc3)CC2)c1. The Bertz CT molecular complexity index is 1030. The van der Waals surface area contributed by atoms with Crippen molar-refractivity contribution in [2.45, 2.75) is 19.8 Å². The van der Waals surface area contributed by atoms with E-state index in [-0.39, 0.29) is 5.91 Å². The van der Waals surface area contributed by atoms with Gasteiger partial charge in [-0.2, -0.15) is 0 Å². The van der Waals surface area contributed by atoms with Gasteiger partial charge < -0.3 is 15.0 Å². The van der Waals surface area contributed by atoms with Gasteiger partial charge in [0.2, 0.25) is 5.88 Å². The van der Waals surface area contributed by atoms with Crippen LogP contribution in [0.2, 0.25) is 0 Å². The lowest BCUT2D eigenvalue weighted by Crippen LogP contribution is -2.46. The van der Waals surface area contributed by atoms with Crippen LogP contribution in [-0.4, -0.2) is 55.1 Å². The number of nitrogens with zero attached hydrogens (tertiary/aromatic N) is 3. The van der Waals surface area contributed by atoms with Crippen LogP contribution in [0.1, 0.15) is 28.8 Å². The monoisotopic (exact) mass is 444 g/mol. The van der Waals surface area contributed by atoms with Crippen molar-refractivity contribution in [3.05, 3.63) is 84.1 Å². The fraction of sp³-hybridized carbons (Fsp3) is 0.333. The van der Waals surface area contributed by atoms with Crippen LogP contribution in [0.5, 0.6) is 11.6 Å². The minimum Gasteiger partial charge on any atom is -0.438 e. The van der Waals surface area contributed by atoms with Gasteiger partial charge in [-0.25, -0.2) is 4.98 Å². The van der Waals surface area contributed by atoms with Crippen molar-refractivity contribution < 1.29 is 9.53 Å². The summed E-state index contributed by atoms with van der Waals surface area (Å²) in [5, 5.41) is 3.01. The molecule has 0 unspecified atom stereocenters. The van der Waals surface area contributed by atoms with E-state index in [0.29, 0.717) is 23.7 Å². The Morgan fingerprint density at radius 3 is 2.58 bits per heavy atom. The van der Waals surface area contributed by atoms with Crippen molar-refractivity contribution in [1.29, 1.82) is 0 Å². The second-order valence-electron chi connectivity index (χ2n) is 8.40. The Morgan fingerprint density at radius 2 is 1.79 bits per heavy atom. The molecular formula is C27H32N4O2. The second kappa shape index (κ2) is 11.5. The number of aryl methyl sites for hydroxylation is 1. The third-order valence-electron chi connectivity index (χ3n) is 5.90. The van der Waals surface area contributed by atoms with Gasteiger partial charge in [0.25, 0.3) is 5.91 Å². The zero-order chi connectivity index (χ0) is 22.9. The fourth-order valence-electron chi connectivity index (χ4n) is 4.06. The van der Waals surface area contributed by atoms with Gasteiger partial charge in [0, 0.05) is 44.6 Å². The maximum atomic E-state index is 12.7. The van der Waals surface area contributed by atoms with Crippen LogP contribution >= 0.6 is 0 Å². The molecule has 6 heteroatoms. The lowest BCUT2D eigenvalue weighted by molar-refractivity contribution is 0.0949. The second-order valence-corrected chi connectivity index (χ2v) is 8.40. The van der Waals surface area contributed by atoms with Gasteiger partial charge in [-0.15, -0.1) is 0 Å². The van der Waals surface area contributed by atoms with Crippen molar-refractivity contribution >= 4 is 11.6 Å². The number of nitrogens with one attached hydrogen (secondary N) is 1. The number of carbonyl (C=O) groups is 1. The number of amides is 1. The molecule has 1 amide bonds. The molecule has 1 aliphatic rings. The molecule has 1 aliphatic heterocycles. The molecule has 0 saturated carbocycles. The number of benzene rings is 2. The lowest BCUT2D eigenvalue weighted by atomic mass is 10.2. The first-order chi connectivity index (χ1) is 16.2. The molecule has 0 aliphatic carbocycles. The van der Waals surface area contributed by atoms with Gasteiger partial charge in [0.1, 0.15) is 11.3 Å². The van der Waals surface area contributed by atoms with Gasteiger partial charge in [-0.1, -0.05) is 30.3 Å². The van der Waals surface area contributed by atoms with Crippen LogP contribution in [0.15, 0.2) is 72.9 Å². The highest BCUT2D eigenvalue weighted by Gasteiger charge is 2.17.